The molecular formula is C17H26N2O2S. The molecule has 0 aromatic heterocycles. The molecule has 1 saturated heterocycles. The van der Waals surface area contributed by atoms with Crippen LogP contribution in [0.5, 0.6) is 0 Å². The third kappa shape index (κ3) is 5.89. The molecule has 4 nitrogen and oxygen atoms in total. The molecule has 1 aromatic carbocycles. The van der Waals surface area contributed by atoms with Crippen molar-refractivity contribution in [1.82, 2.24) is 10.2 Å². The highest BCUT2D eigenvalue weighted by atomic mass is 32.2. The van der Waals surface area contributed by atoms with Crippen LogP contribution in [0.2, 0.25) is 0 Å². The molecule has 122 valence electrons. The summed E-state index contributed by atoms with van der Waals surface area (Å²) in [6, 6.07) is 8.55. The van der Waals surface area contributed by atoms with Crippen molar-refractivity contribution < 1.29 is 9.53 Å². The van der Waals surface area contributed by atoms with E-state index in [4.69, 9.17) is 4.74 Å². The van der Waals surface area contributed by atoms with E-state index < -0.39 is 0 Å². The molecule has 1 aliphatic rings. The van der Waals surface area contributed by atoms with E-state index in [0.717, 1.165) is 31.6 Å². The number of nitrogens with zero attached hydrogens (tertiary/aromatic N) is 1. The third-order valence-corrected chi connectivity index (χ3v) is 4.83. The van der Waals surface area contributed by atoms with Gasteiger partial charge in [0, 0.05) is 31.6 Å². The molecule has 0 saturated carbocycles. The second kappa shape index (κ2) is 9.06. The van der Waals surface area contributed by atoms with Crippen LogP contribution in [0.4, 0.5) is 4.79 Å². The van der Waals surface area contributed by atoms with Crippen LogP contribution in [0.25, 0.3) is 0 Å². The van der Waals surface area contributed by atoms with Gasteiger partial charge in [0.15, 0.2) is 0 Å². The number of hydrogen-bond acceptors (Lipinski definition) is 3. The van der Waals surface area contributed by atoms with E-state index >= 15 is 0 Å². The number of aryl methyl sites for hydroxylation is 1. The highest BCUT2D eigenvalue weighted by molar-refractivity contribution is 7.99. The van der Waals surface area contributed by atoms with E-state index in [-0.39, 0.29) is 12.1 Å². The van der Waals surface area contributed by atoms with E-state index in [0.29, 0.717) is 13.1 Å². The molecule has 1 fully saturated rings. The lowest BCUT2D eigenvalue weighted by molar-refractivity contribution is 0.0875. The average molecular weight is 322 g/mol. The van der Waals surface area contributed by atoms with E-state index in [2.05, 4.69) is 36.5 Å². The van der Waals surface area contributed by atoms with Crippen LogP contribution in [-0.2, 0) is 4.74 Å². The number of hydrogen-bond donors (Lipinski definition) is 1. The minimum Gasteiger partial charge on any atom is -0.376 e. The Morgan fingerprint density at radius 3 is 2.86 bits per heavy atom. The number of benzene rings is 1. The largest absolute Gasteiger partial charge is 0.376 e. The van der Waals surface area contributed by atoms with Crippen molar-refractivity contribution in [2.75, 3.05) is 32.5 Å². The van der Waals surface area contributed by atoms with Gasteiger partial charge in [-0.1, -0.05) is 17.7 Å². The Kier molecular flexibility index (Phi) is 7.06. The maximum atomic E-state index is 12.0. The number of carbonyl (C=O) groups is 1. The summed E-state index contributed by atoms with van der Waals surface area (Å²) in [5, 5.41) is 2.97. The molecule has 2 amide bonds. The normalized spacial score (nSPS) is 17.5. The van der Waals surface area contributed by atoms with Crippen LogP contribution in [0.3, 0.4) is 0 Å². The van der Waals surface area contributed by atoms with Crippen molar-refractivity contribution in [3.8, 4) is 0 Å². The van der Waals surface area contributed by atoms with Gasteiger partial charge in [-0.15, -0.1) is 11.8 Å². The zero-order valence-electron chi connectivity index (χ0n) is 13.5. The van der Waals surface area contributed by atoms with Gasteiger partial charge in [0.1, 0.15) is 0 Å². The van der Waals surface area contributed by atoms with Gasteiger partial charge in [0.25, 0.3) is 0 Å². The van der Waals surface area contributed by atoms with Gasteiger partial charge in [-0.2, -0.15) is 0 Å². The van der Waals surface area contributed by atoms with Gasteiger partial charge >= 0.3 is 6.03 Å². The van der Waals surface area contributed by atoms with Crippen molar-refractivity contribution in [2.24, 2.45) is 0 Å². The number of amides is 2. The molecule has 0 spiro atoms. The summed E-state index contributed by atoms with van der Waals surface area (Å²) in [6.45, 7) is 4.32. The molecule has 0 aliphatic carbocycles. The molecule has 1 N–H and O–H groups in total. The number of thioether (sulfide) groups is 1. The van der Waals surface area contributed by atoms with Gasteiger partial charge in [0.2, 0.25) is 0 Å². The van der Waals surface area contributed by atoms with Gasteiger partial charge in [-0.05, 0) is 44.1 Å². The Morgan fingerprint density at radius 1 is 1.41 bits per heavy atom. The molecule has 0 bridgehead atoms. The van der Waals surface area contributed by atoms with Crippen LogP contribution >= 0.6 is 11.8 Å². The van der Waals surface area contributed by atoms with E-state index in [1.807, 2.05) is 18.8 Å². The van der Waals surface area contributed by atoms with Crippen LogP contribution in [0, 0.1) is 6.92 Å². The molecule has 0 radical (unpaired) electrons. The molecule has 1 unspecified atom stereocenters. The maximum absolute atomic E-state index is 12.0. The smallest absolute Gasteiger partial charge is 0.317 e. The minimum absolute atomic E-state index is 0.00386. The first kappa shape index (κ1) is 17.2. The van der Waals surface area contributed by atoms with E-state index in [9.17, 15) is 4.79 Å². The lowest BCUT2D eigenvalue weighted by Crippen LogP contribution is -2.41. The number of rotatable bonds is 7. The average Bonchev–Trinajstić information content (AvgIpc) is 3.01. The minimum atomic E-state index is -0.00386. The second-order valence-corrected chi connectivity index (χ2v) is 6.93. The van der Waals surface area contributed by atoms with Crippen LogP contribution < -0.4 is 5.32 Å². The Morgan fingerprint density at radius 2 is 2.18 bits per heavy atom. The van der Waals surface area contributed by atoms with Crippen molar-refractivity contribution in [3.63, 3.8) is 0 Å². The Labute approximate surface area is 137 Å². The molecular weight excluding hydrogens is 296 g/mol. The molecule has 1 aromatic rings. The molecule has 22 heavy (non-hydrogen) atoms. The third-order valence-electron chi connectivity index (χ3n) is 3.74. The summed E-state index contributed by atoms with van der Waals surface area (Å²) in [5.74, 6) is 1.01. The Balaban J connectivity index is 1.55. The van der Waals surface area contributed by atoms with Crippen molar-refractivity contribution in [3.05, 3.63) is 29.8 Å². The topological polar surface area (TPSA) is 41.6 Å². The van der Waals surface area contributed by atoms with Crippen LogP contribution in [-0.4, -0.2) is 49.5 Å². The summed E-state index contributed by atoms with van der Waals surface area (Å²) in [4.78, 5) is 15.0. The molecule has 1 atom stereocenters. The van der Waals surface area contributed by atoms with Gasteiger partial charge < -0.3 is 15.0 Å². The number of likely N-dealkylation sites (N-methyl/N-ethyl adjacent to an activating group) is 1. The summed E-state index contributed by atoms with van der Waals surface area (Å²) >= 11 is 1.83. The van der Waals surface area contributed by atoms with Gasteiger partial charge in [-0.3, -0.25) is 0 Å². The number of urea groups is 1. The zero-order valence-corrected chi connectivity index (χ0v) is 14.3. The predicted octanol–water partition coefficient (Wildman–Crippen LogP) is 3.30. The fraction of sp³-hybridized carbons (Fsp3) is 0.588. The van der Waals surface area contributed by atoms with Crippen molar-refractivity contribution in [1.29, 1.82) is 0 Å². The lowest BCUT2D eigenvalue weighted by atomic mass is 10.2. The second-order valence-electron chi connectivity index (χ2n) is 5.76. The van der Waals surface area contributed by atoms with Gasteiger partial charge in [-0.25, -0.2) is 4.79 Å². The highest BCUT2D eigenvalue weighted by Crippen LogP contribution is 2.18. The molecule has 1 heterocycles. The fourth-order valence-electron chi connectivity index (χ4n) is 2.40. The molecule has 1 aliphatic heterocycles. The van der Waals surface area contributed by atoms with Crippen LogP contribution in [0.15, 0.2) is 29.2 Å². The number of nitrogens with one attached hydrogen (secondary N) is 1. The first-order valence-corrected chi connectivity index (χ1v) is 8.94. The van der Waals surface area contributed by atoms with Crippen molar-refractivity contribution >= 4 is 17.8 Å². The highest BCUT2D eigenvalue weighted by Gasteiger charge is 2.19. The lowest BCUT2D eigenvalue weighted by Gasteiger charge is -2.21. The standard InChI is InChI=1S/C17H26N2O2S/c1-14-6-8-16(9-7-14)22-12-4-10-18-17(20)19(2)13-15-5-3-11-21-15/h6-9,15H,3-5,10-13H2,1-2H3,(H,18,20). The van der Waals surface area contributed by atoms with E-state index in [1.165, 1.54) is 10.5 Å². The summed E-state index contributed by atoms with van der Waals surface area (Å²) in [7, 11) is 1.83. The SMILES string of the molecule is Cc1ccc(SCCCNC(=O)N(C)CC2CCCO2)cc1. The summed E-state index contributed by atoms with van der Waals surface area (Å²) in [5.41, 5.74) is 1.28. The summed E-state index contributed by atoms with van der Waals surface area (Å²) < 4.78 is 5.55. The van der Waals surface area contributed by atoms with Crippen LogP contribution in [0.1, 0.15) is 24.8 Å². The summed E-state index contributed by atoms with van der Waals surface area (Å²) in [6.07, 6.45) is 3.35. The number of ether oxygens (including phenoxy) is 1. The van der Waals surface area contributed by atoms with Gasteiger partial charge in [0.05, 0.1) is 6.10 Å². The van der Waals surface area contributed by atoms with Crippen molar-refractivity contribution in [2.45, 2.75) is 37.2 Å². The first-order valence-electron chi connectivity index (χ1n) is 7.95. The maximum Gasteiger partial charge on any atom is 0.317 e. The molecule has 5 heteroatoms. The van der Waals surface area contributed by atoms with E-state index in [1.54, 1.807) is 4.90 Å². The Bertz CT molecular complexity index is 458. The first-order chi connectivity index (χ1) is 10.6. The predicted molar refractivity (Wildman–Crippen MR) is 91.5 cm³/mol. The Hall–Kier alpha value is -1.20. The zero-order chi connectivity index (χ0) is 15.8. The molecule has 2 rings (SSSR count). The monoisotopic (exact) mass is 322 g/mol. The quantitative estimate of drug-likeness (QED) is 0.618. The number of carbonyl (C=O) groups excluding carboxylic acids is 1. The fourth-order valence-corrected chi connectivity index (χ4v) is 3.26.